The number of aliphatic imine (C=N–C) groups is 1. The van der Waals surface area contributed by atoms with Crippen LogP contribution in [0.15, 0.2) is 4.99 Å². The average Bonchev–Trinajstić information content (AvgIpc) is 2.23. The monoisotopic (exact) mass is 166 g/mol. The molecule has 0 N–H and O–H groups in total. The summed E-state index contributed by atoms with van der Waals surface area (Å²) in [4.78, 5) is 3.80. The zero-order valence-electron chi connectivity index (χ0n) is 3.89. The number of thioether (sulfide) groups is 1. The van der Waals surface area contributed by atoms with Crippen molar-refractivity contribution in [3.8, 4) is 0 Å². The molecule has 0 amide bonds. The molecule has 2 nitrogen and oxygen atoms in total. The van der Waals surface area contributed by atoms with Crippen LogP contribution in [0.3, 0.4) is 0 Å². The Morgan fingerprint density at radius 2 is 2.43 bits per heavy atom. The summed E-state index contributed by atoms with van der Waals surface area (Å²) in [6, 6.07) is 0. The topological polar surface area (TPSA) is 29.4 Å². The van der Waals surface area contributed by atoms with Crippen LogP contribution in [-0.4, -0.2) is 17.8 Å². The van der Waals surface area contributed by atoms with Crippen LogP contribution in [0, 0.1) is 0 Å². The van der Waals surface area contributed by atoms with Gasteiger partial charge in [-0.05, 0) is 0 Å². The first-order valence-corrected chi connectivity index (χ1v) is 4.02. The van der Waals surface area contributed by atoms with Crippen LogP contribution in [0.4, 0.5) is 0 Å². The minimum absolute atomic E-state index is 0.125. The molecule has 1 rings (SSSR count). The van der Waals surface area contributed by atoms with E-state index in [2.05, 4.69) is 10.5 Å². The molecule has 1 heterocycles. The van der Waals surface area contributed by atoms with Gasteiger partial charge in [-0.15, -0.1) is 11.8 Å². The first-order valence-electron chi connectivity index (χ1n) is 1.82. The van der Waals surface area contributed by atoms with Crippen molar-refractivity contribution in [1.29, 1.82) is 0 Å². The summed E-state index contributed by atoms with van der Waals surface area (Å²) < 4.78 is 8.38. The molecule has 0 bridgehead atoms. The zero-order chi connectivity index (χ0) is 5.54. The van der Waals surface area contributed by atoms with Gasteiger partial charge in [0.25, 0.3) is 0 Å². The van der Waals surface area contributed by atoms with Gasteiger partial charge in [0.15, 0.2) is 0 Å². The van der Waals surface area contributed by atoms with Crippen LogP contribution in [0.2, 0.25) is 0 Å². The van der Waals surface area contributed by atoms with Gasteiger partial charge in [-0.2, -0.15) is 0 Å². The molecule has 0 atom stereocenters. The molecule has 1 radical (unpaired) electrons. The van der Waals surface area contributed by atoms with Crippen LogP contribution in [-0.2, 0) is 21.8 Å². The number of rotatable bonds is 0. The van der Waals surface area contributed by atoms with Gasteiger partial charge < -0.3 is 0 Å². The summed E-state index contributed by atoms with van der Waals surface area (Å²) in [6.07, 6.45) is 0. The molecule has 4 heteroatoms. The molecule has 0 saturated carbocycles. The van der Waals surface area contributed by atoms with Gasteiger partial charge in [-0.3, -0.25) is 4.99 Å². The fourth-order valence-electron chi connectivity index (χ4n) is 0.228. The van der Waals surface area contributed by atoms with E-state index in [0.717, 1.165) is 12.3 Å². The third-order valence-corrected chi connectivity index (χ3v) is 1.08. The Bertz CT molecular complexity index is 62.0. The van der Waals surface area contributed by atoms with Crippen LogP contribution in [0.1, 0.15) is 0 Å². The number of hydrogen-bond donors (Lipinski definition) is 0. The van der Waals surface area contributed by atoms with Gasteiger partial charge in [0.2, 0.25) is 0 Å². The van der Waals surface area contributed by atoms with E-state index in [1.165, 1.54) is 0 Å². The quantitative estimate of drug-likeness (QED) is 0.492. The molecular weight excluding hydrogens is 163 g/mol. The standard InChI is InChI=1S/C3H4NS.O.Zn/c1-2-5-3-4-1;;/h1-2H2;;. The fraction of sp³-hybridized carbons (Fsp3) is 0.667. The summed E-state index contributed by atoms with van der Waals surface area (Å²) in [6.45, 7) is 0.977. The Hall–Kier alpha value is 0.443. The molecule has 0 aromatic rings. The Labute approximate surface area is 56.7 Å². The van der Waals surface area contributed by atoms with E-state index in [1.807, 2.05) is 0 Å². The molecule has 0 aromatic carbocycles. The molecule has 0 saturated heterocycles. The van der Waals surface area contributed by atoms with E-state index in [1.54, 1.807) is 11.8 Å². The number of hydrogen-bond acceptors (Lipinski definition) is 3. The second-order valence-corrected chi connectivity index (χ2v) is 1.70. The van der Waals surface area contributed by atoms with E-state index >= 15 is 0 Å². The fourth-order valence-corrected chi connectivity index (χ4v) is 0.685. The summed E-state index contributed by atoms with van der Waals surface area (Å²) in [5, 5.41) is 0. The van der Waals surface area contributed by atoms with Crippen LogP contribution >= 0.6 is 11.8 Å². The normalized spacial score (nSPS) is 15.7. The van der Waals surface area contributed by atoms with Crippen LogP contribution < -0.4 is 0 Å². The SMILES string of the molecule is [C]1=NCCS1.[O]=[Zn]. The molecule has 35 valence electrons. The molecule has 7 heavy (non-hydrogen) atoms. The van der Waals surface area contributed by atoms with Crippen LogP contribution in [0.5, 0.6) is 0 Å². The van der Waals surface area contributed by atoms with Crippen molar-refractivity contribution in [3.05, 3.63) is 0 Å². The first-order chi connectivity index (χ1) is 3.50. The molecule has 1 aliphatic heterocycles. The van der Waals surface area contributed by atoms with Gasteiger partial charge in [0.1, 0.15) is 5.55 Å². The predicted octanol–water partition coefficient (Wildman–Crippen LogP) is 0.517. The Morgan fingerprint density at radius 3 is 2.57 bits per heavy atom. The zero-order valence-corrected chi connectivity index (χ0v) is 7.67. The predicted molar refractivity (Wildman–Crippen MR) is 25.4 cm³/mol. The second-order valence-electron chi connectivity index (χ2n) is 0.821. The molecule has 0 aromatic heterocycles. The van der Waals surface area contributed by atoms with Gasteiger partial charge >= 0.3 is 21.8 Å². The minimum atomic E-state index is 0.125. The third kappa shape index (κ3) is 4.29. The van der Waals surface area contributed by atoms with Crippen molar-refractivity contribution in [2.75, 3.05) is 12.3 Å². The average molecular weight is 168 g/mol. The van der Waals surface area contributed by atoms with Crippen LogP contribution in [0.25, 0.3) is 0 Å². The third-order valence-electron chi connectivity index (χ3n) is 0.434. The first kappa shape index (κ1) is 7.44. The maximum atomic E-state index is 8.38. The molecule has 0 spiro atoms. The Balaban J connectivity index is 0.000000162. The molecule has 0 aliphatic carbocycles. The van der Waals surface area contributed by atoms with Gasteiger partial charge in [0.05, 0.1) is 0 Å². The summed E-state index contributed by atoms with van der Waals surface area (Å²) >= 11 is 1.78. The van der Waals surface area contributed by atoms with Crippen molar-refractivity contribution < 1.29 is 21.8 Å². The van der Waals surface area contributed by atoms with Crippen molar-refractivity contribution in [3.63, 3.8) is 0 Å². The molecule has 0 fully saturated rings. The van der Waals surface area contributed by atoms with Gasteiger partial charge in [-0.25, -0.2) is 0 Å². The Morgan fingerprint density at radius 1 is 1.71 bits per heavy atom. The molecule has 0 unspecified atom stereocenters. The van der Waals surface area contributed by atoms with Gasteiger partial charge in [-0.1, -0.05) is 0 Å². The van der Waals surface area contributed by atoms with Crippen molar-refractivity contribution in [1.82, 2.24) is 0 Å². The van der Waals surface area contributed by atoms with Crippen molar-refractivity contribution in [2.45, 2.75) is 0 Å². The number of nitrogens with zero attached hydrogens (tertiary/aromatic N) is 1. The summed E-state index contributed by atoms with van der Waals surface area (Å²) in [5.41, 5.74) is 2.76. The van der Waals surface area contributed by atoms with E-state index < -0.39 is 0 Å². The van der Waals surface area contributed by atoms with Gasteiger partial charge in [0, 0.05) is 12.3 Å². The van der Waals surface area contributed by atoms with E-state index in [-0.39, 0.29) is 18.3 Å². The van der Waals surface area contributed by atoms with Crippen molar-refractivity contribution >= 4 is 17.3 Å². The summed E-state index contributed by atoms with van der Waals surface area (Å²) in [7, 11) is 0. The van der Waals surface area contributed by atoms with E-state index in [4.69, 9.17) is 3.57 Å². The molecular formula is C3H4NOSZn. The van der Waals surface area contributed by atoms with E-state index in [0.29, 0.717) is 0 Å². The summed E-state index contributed by atoms with van der Waals surface area (Å²) in [5.74, 6) is 1.14. The maximum absolute atomic E-state index is 8.38. The van der Waals surface area contributed by atoms with E-state index in [9.17, 15) is 0 Å². The molecule has 1 aliphatic rings. The Kier molecular flexibility index (Phi) is 6.85. The second kappa shape index (κ2) is 6.44. The van der Waals surface area contributed by atoms with Crippen molar-refractivity contribution in [2.24, 2.45) is 4.99 Å².